The largest absolute Gasteiger partial charge is 0.507 e. The molecule has 0 aliphatic carbocycles. The highest BCUT2D eigenvalue weighted by molar-refractivity contribution is 7.93. The van der Waals surface area contributed by atoms with Gasteiger partial charge in [-0.15, -0.1) is 0 Å². The average Bonchev–Trinajstić information content (AvgIpc) is 3.15. The molecule has 14 heteroatoms. The lowest BCUT2D eigenvalue weighted by atomic mass is 10.0. The van der Waals surface area contributed by atoms with E-state index in [-0.39, 0.29) is 21.2 Å². The number of nitrogens with one attached hydrogen (secondary N) is 2. The van der Waals surface area contributed by atoms with Gasteiger partial charge >= 0.3 is 11.9 Å². The first-order valence-corrected chi connectivity index (χ1v) is 19.1. The number of esters is 1. The zero-order valence-corrected chi connectivity index (χ0v) is 30.3. The molecule has 0 bridgehead atoms. The number of phenols is 1. The molecular weight excluding hydrogens is 733 g/mol. The number of sulfonamides is 2. The van der Waals surface area contributed by atoms with Gasteiger partial charge in [-0.05, 0) is 89.8 Å². The summed E-state index contributed by atoms with van der Waals surface area (Å²) < 4.78 is 68.5. The number of hydrogen-bond donors (Lipinski definition) is 4. The molecule has 274 valence electrons. The minimum atomic E-state index is -4.21. The van der Waals surface area contributed by atoms with Crippen molar-refractivity contribution in [1.29, 1.82) is 0 Å². The Kier molecular flexibility index (Phi) is 10.4. The quantitative estimate of drug-likeness (QED) is 0.0716. The van der Waals surface area contributed by atoms with E-state index in [2.05, 4.69) is 9.44 Å². The Labute approximate surface area is 311 Å². The molecule has 0 saturated carbocycles. The average molecular weight is 765 g/mol. The number of aromatic hydroxyl groups is 1. The normalized spacial score (nSPS) is 11.4. The summed E-state index contributed by atoms with van der Waals surface area (Å²) in [5.41, 5.74) is 2.84. The Morgan fingerprint density at radius 1 is 0.593 bits per heavy atom. The van der Waals surface area contributed by atoms with Crippen LogP contribution in [0.1, 0.15) is 26.3 Å². The van der Waals surface area contributed by atoms with Crippen LogP contribution < -0.4 is 18.9 Å². The summed E-state index contributed by atoms with van der Waals surface area (Å²) in [6.45, 7) is 1.94. The fourth-order valence-corrected chi connectivity index (χ4v) is 7.60. The lowest BCUT2D eigenvalue weighted by Crippen LogP contribution is -2.15. The van der Waals surface area contributed by atoms with Crippen LogP contribution in [-0.4, -0.2) is 46.1 Å². The summed E-state index contributed by atoms with van der Waals surface area (Å²) in [4.78, 5) is 25.1. The van der Waals surface area contributed by atoms with Crippen molar-refractivity contribution in [3.8, 4) is 39.5 Å². The number of hydrogen-bond acceptors (Lipinski definition) is 9. The van der Waals surface area contributed by atoms with Crippen molar-refractivity contribution in [3.63, 3.8) is 0 Å². The molecule has 0 heterocycles. The molecule has 0 radical (unpaired) electrons. The number of carbonyl (C=O) groups is 2. The molecule has 4 N–H and O–H groups in total. The predicted octanol–water partition coefficient (Wildman–Crippen LogP) is 7.56. The molecular formula is C40H32N2O10S2. The van der Waals surface area contributed by atoms with Crippen molar-refractivity contribution in [1.82, 2.24) is 0 Å². The molecule has 6 rings (SSSR count). The first-order valence-electron chi connectivity index (χ1n) is 16.1. The molecule has 12 nitrogen and oxygen atoms in total. The second-order valence-corrected chi connectivity index (χ2v) is 15.4. The Morgan fingerprint density at radius 3 is 1.59 bits per heavy atom. The van der Waals surface area contributed by atoms with Gasteiger partial charge in [0.15, 0.2) is 0 Å². The number of ether oxygens (including phenoxy) is 2. The van der Waals surface area contributed by atoms with E-state index in [1.807, 2.05) is 31.2 Å². The van der Waals surface area contributed by atoms with Gasteiger partial charge in [-0.3, -0.25) is 9.44 Å². The minimum absolute atomic E-state index is 0.0369. The van der Waals surface area contributed by atoms with Crippen LogP contribution in [0.5, 0.6) is 17.2 Å². The number of phenolic OH excluding ortho intramolecular Hbond substituents is 1. The zero-order valence-electron chi connectivity index (χ0n) is 28.7. The molecule has 6 aromatic carbocycles. The smallest absolute Gasteiger partial charge is 0.347 e. The molecule has 0 amide bonds. The van der Waals surface area contributed by atoms with Gasteiger partial charge in [-0.2, -0.15) is 0 Å². The van der Waals surface area contributed by atoms with Crippen molar-refractivity contribution in [3.05, 3.63) is 150 Å². The maximum Gasteiger partial charge on any atom is 0.347 e. The Hall–Kier alpha value is -6.64. The molecule has 0 unspecified atom stereocenters. The number of aromatic carboxylic acids is 1. The van der Waals surface area contributed by atoms with Crippen LogP contribution in [0.4, 0.5) is 11.4 Å². The highest BCUT2D eigenvalue weighted by atomic mass is 32.2. The van der Waals surface area contributed by atoms with Crippen LogP contribution in [0.3, 0.4) is 0 Å². The molecule has 0 atom stereocenters. The highest BCUT2D eigenvalue weighted by Crippen LogP contribution is 2.31. The second-order valence-electron chi connectivity index (χ2n) is 12.0. The Bertz CT molecular complexity index is 2610. The standard InChI is InChI=1S/C40H32N2O10S2/c1-25-9-11-26(12-10-25)28-5-3-7-33(21-28)53(47,48)41-30-15-19-35(37(43)23-30)40(46)52-38-24-31(16-20-36(38)39(44)45)42-54(49,50)34-8-4-6-29(22-34)27-13-17-32(51-2)18-14-27/h3-24,41-43H,1-2H3,(H,44,45). The molecule has 0 spiro atoms. The second kappa shape index (κ2) is 15.1. The van der Waals surface area contributed by atoms with Crippen LogP contribution >= 0.6 is 0 Å². The van der Waals surface area contributed by atoms with Crippen molar-refractivity contribution in [2.75, 3.05) is 16.6 Å². The van der Waals surface area contributed by atoms with Gasteiger partial charge in [0, 0.05) is 12.1 Å². The van der Waals surface area contributed by atoms with Crippen molar-refractivity contribution in [2.45, 2.75) is 16.7 Å². The van der Waals surface area contributed by atoms with E-state index >= 15 is 0 Å². The topological polar surface area (TPSA) is 185 Å². The van der Waals surface area contributed by atoms with E-state index in [1.54, 1.807) is 48.5 Å². The van der Waals surface area contributed by atoms with E-state index in [0.29, 0.717) is 16.9 Å². The lowest BCUT2D eigenvalue weighted by molar-refractivity contribution is 0.0681. The van der Waals surface area contributed by atoms with Crippen molar-refractivity contribution in [2.24, 2.45) is 0 Å². The fraction of sp³-hybridized carbons (Fsp3) is 0.0500. The van der Waals surface area contributed by atoms with Crippen LogP contribution in [-0.2, 0) is 20.0 Å². The van der Waals surface area contributed by atoms with Gasteiger partial charge in [-0.1, -0.05) is 66.2 Å². The number of carbonyl (C=O) groups excluding carboxylic acids is 1. The monoisotopic (exact) mass is 764 g/mol. The summed E-state index contributed by atoms with van der Waals surface area (Å²) >= 11 is 0. The molecule has 0 fully saturated rings. The molecule has 0 aliphatic rings. The van der Waals surface area contributed by atoms with Gasteiger partial charge in [0.05, 0.1) is 28.3 Å². The van der Waals surface area contributed by atoms with Gasteiger partial charge in [0.1, 0.15) is 28.4 Å². The van der Waals surface area contributed by atoms with Gasteiger partial charge in [-0.25, -0.2) is 26.4 Å². The van der Waals surface area contributed by atoms with Gasteiger partial charge in [0.2, 0.25) is 0 Å². The molecule has 54 heavy (non-hydrogen) atoms. The SMILES string of the molecule is COc1ccc(-c2cccc(S(=O)(=O)Nc3ccc(C(=O)O)c(OC(=O)c4ccc(NS(=O)(=O)c5cccc(-c6ccc(C)cc6)c5)cc4O)c3)c2)cc1. The number of carboxylic acid groups (broad SMARTS) is 1. The van der Waals surface area contributed by atoms with E-state index in [9.17, 15) is 36.6 Å². The third-order valence-electron chi connectivity index (χ3n) is 8.23. The van der Waals surface area contributed by atoms with Gasteiger partial charge < -0.3 is 19.7 Å². The van der Waals surface area contributed by atoms with Crippen molar-refractivity contribution >= 4 is 43.4 Å². The maximum absolute atomic E-state index is 13.4. The minimum Gasteiger partial charge on any atom is -0.507 e. The zero-order chi connectivity index (χ0) is 38.6. The van der Waals surface area contributed by atoms with Crippen LogP contribution in [0, 0.1) is 6.92 Å². The fourth-order valence-electron chi connectivity index (χ4n) is 5.41. The summed E-state index contributed by atoms with van der Waals surface area (Å²) in [5, 5.41) is 20.5. The predicted molar refractivity (Wildman–Crippen MR) is 203 cm³/mol. The Morgan fingerprint density at radius 2 is 1.09 bits per heavy atom. The summed E-state index contributed by atoms with van der Waals surface area (Å²) in [5.74, 6) is -3.21. The number of carboxylic acids is 1. The molecule has 0 aromatic heterocycles. The van der Waals surface area contributed by atoms with E-state index in [0.717, 1.165) is 41.0 Å². The molecule has 6 aromatic rings. The summed E-state index contributed by atoms with van der Waals surface area (Å²) in [6.07, 6.45) is 0. The van der Waals surface area contributed by atoms with E-state index in [1.165, 1.54) is 43.5 Å². The van der Waals surface area contributed by atoms with Crippen LogP contribution in [0.15, 0.2) is 143 Å². The Balaban J connectivity index is 1.19. The summed E-state index contributed by atoms with van der Waals surface area (Å²) in [6, 6.07) is 33.7. The van der Waals surface area contributed by atoms with Gasteiger partial charge in [0.25, 0.3) is 20.0 Å². The number of methoxy groups -OCH3 is 1. The lowest BCUT2D eigenvalue weighted by Gasteiger charge is -2.14. The van der Waals surface area contributed by atoms with Crippen LogP contribution in [0.25, 0.3) is 22.3 Å². The molecule has 0 saturated heterocycles. The number of aryl methyl sites for hydroxylation is 1. The third-order valence-corrected chi connectivity index (χ3v) is 11.0. The summed E-state index contributed by atoms with van der Waals surface area (Å²) in [7, 11) is -6.80. The molecule has 0 aliphatic heterocycles. The number of anilines is 2. The van der Waals surface area contributed by atoms with Crippen LogP contribution in [0.2, 0.25) is 0 Å². The van der Waals surface area contributed by atoms with E-state index in [4.69, 9.17) is 9.47 Å². The maximum atomic E-state index is 13.4. The highest BCUT2D eigenvalue weighted by Gasteiger charge is 2.23. The number of benzene rings is 6. The number of rotatable bonds is 12. The van der Waals surface area contributed by atoms with E-state index < -0.39 is 54.6 Å². The van der Waals surface area contributed by atoms with Crippen molar-refractivity contribution < 1.29 is 46.1 Å². The first-order chi connectivity index (χ1) is 25.7. The third kappa shape index (κ3) is 8.36. The first kappa shape index (κ1) is 37.1.